The second kappa shape index (κ2) is 10.3. The van der Waals surface area contributed by atoms with Crippen LogP contribution in [-0.4, -0.2) is 32.3 Å². The lowest BCUT2D eigenvalue weighted by atomic mass is 10.2. The van der Waals surface area contributed by atoms with E-state index in [-0.39, 0.29) is 33.4 Å². The van der Waals surface area contributed by atoms with Gasteiger partial charge in [0.15, 0.2) is 0 Å². The van der Waals surface area contributed by atoms with E-state index in [0.717, 1.165) is 18.2 Å². The SMILES string of the molecule is O=C(NCCNc1ccc([N+](=O)[O-])cc1)c1cc(S(=O)(=O)Nc2ccc(F)cc2)ccc1Cl. The maximum Gasteiger partial charge on any atom is 0.269 e. The van der Waals surface area contributed by atoms with Gasteiger partial charge in [0.25, 0.3) is 21.6 Å². The molecule has 0 aliphatic heterocycles. The lowest BCUT2D eigenvalue weighted by molar-refractivity contribution is -0.384. The monoisotopic (exact) mass is 492 g/mol. The molecule has 0 fully saturated rings. The molecule has 0 aliphatic rings. The fraction of sp³-hybridized carbons (Fsp3) is 0.0952. The zero-order valence-corrected chi connectivity index (χ0v) is 18.5. The Labute approximate surface area is 193 Å². The summed E-state index contributed by atoms with van der Waals surface area (Å²) >= 11 is 6.08. The van der Waals surface area contributed by atoms with Crippen molar-refractivity contribution in [3.63, 3.8) is 0 Å². The second-order valence-electron chi connectivity index (χ2n) is 6.74. The Balaban J connectivity index is 1.61. The quantitative estimate of drug-likeness (QED) is 0.235. The number of nitrogens with zero attached hydrogens (tertiary/aromatic N) is 1. The molecule has 0 radical (unpaired) electrons. The average Bonchev–Trinajstić information content (AvgIpc) is 2.78. The number of rotatable bonds is 9. The summed E-state index contributed by atoms with van der Waals surface area (Å²) in [4.78, 5) is 22.5. The number of anilines is 2. The maximum absolute atomic E-state index is 13.0. The van der Waals surface area contributed by atoms with Crippen LogP contribution in [0, 0.1) is 15.9 Å². The fourth-order valence-corrected chi connectivity index (χ4v) is 4.04. The summed E-state index contributed by atoms with van der Waals surface area (Å²) in [5, 5.41) is 16.4. The van der Waals surface area contributed by atoms with Gasteiger partial charge >= 0.3 is 0 Å². The summed E-state index contributed by atoms with van der Waals surface area (Å²) in [6.45, 7) is 0.488. The molecular formula is C21H18ClFN4O5S. The Bertz CT molecular complexity index is 1270. The molecule has 0 spiro atoms. The largest absolute Gasteiger partial charge is 0.383 e. The molecule has 0 unspecified atom stereocenters. The highest BCUT2D eigenvalue weighted by Gasteiger charge is 2.19. The van der Waals surface area contributed by atoms with Gasteiger partial charge in [0, 0.05) is 36.6 Å². The number of hydrogen-bond donors (Lipinski definition) is 3. The lowest BCUT2D eigenvalue weighted by Gasteiger charge is -2.12. The minimum absolute atomic E-state index is 0.0333. The number of nitro groups is 1. The minimum atomic E-state index is -4.04. The van der Waals surface area contributed by atoms with Crippen molar-refractivity contribution < 1.29 is 22.5 Å². The Hall–Kier alpha value is -3.70. The van der Waals surface area contributed by atoms with Gasteiger partial charge in [0.05, 0.1) is 20.4 Å². The van der Waals surface area contributed by atoms with Crippen LogP contribution in [0.5, 0.6) is 0 Å². The van der Waals surface area contributed by atoms with E-state index in [0.29, 0.717) is 12.2 Å². The van der Waals surface area contributed by atoms with Gasteiger partial charge in [-0.05, 0) is 54.6 Å². The first-order chi connectivity index (χ1) is 15.7. The average molecular weight is 493 g/mol. The van der Waals surface area contributed by atoms with Gasteiger partial charge in [-0.25, -0.2) is 12.8 Å². The number of benzene rings is 3. The van der Waals surface area contributed by atoms with Crippen LogP contribution >= 0.6 is 11.6 Å². The first-order valence-corrected chi connectivity index (χ1v) is 11.4. The third-order valence-corrected chi connectivity index (χ3v) is 6.12. The van der Waals surface area contributed by atoms with E-state index in [1.165, 1.54) is 36.4 Å². The van der Waals surface area contributed by atoms with Crippen molar-refractivity contribution in [2.75, 3.05) is 23.1 Å². The molecular weight excluding hydrogens is 475 g/mol. The Morgan fingerprint density at radius 1 is 0.970 bits per heavy atom. The van der Waals surface area contributed by atoms with Gasteiger partial charge in [0.1, 0.15) is 5.82 Å². The molecule has 0 aliphatic carbocycles. The van der Waals surface area contributed by atoms with E-state index in [1.807, 2.05) is 0 Å². The van der Waals surface area contributed by atoms with E-state index in [2.05, 4.69) is 15.4 Å². The molecule has 3 rings (SSSR count). The zero-order chi connectivity index (χ0) is 24.0. The van der Waals surface area contributed by atoms with Crippen LogP contribution in [0.25, 0.3) is 0 Å². The normalized spacial score (nSPS) is 11.0. The van der Waals surface area contributed by atoms with Crippen molar-refractivity contribution in [1.29, 1.82) is 0 Å². The van der Waals surface area contributed by atoms with Gasteiger partial charge < -0.3 is 10.6 Å². The number of hydrogen-bond acceptors (Lipinski definition) is 6. The zero-order valence-electron chi connectivity index (χ0n) is 16.9. The lowest BCUT2D eigenvalue weighted by Crippen LogP contribution is -2.29. The topological polar surface area (TPSA) is 130 Å². The molecule has 0 bridgehead atoms. The summed E-state index contributed by atoms with van der Waals surface area (Å²) < 4.78 is 40.6. The molecule has 172 valence electrons. The van der Waals surface area contributed by atoms with Crippen molar-refractivity contribution in [3.05, 3.63) is 93.2 Å². The van der Waals surface area contributed by atoms with Crippen molar-refractivity contribution in [2.45, 2.75) is 4.90 Å². The number of carbonyl (C=O) groups is 1. The highest BCUT2D eigenvalue weighted by molar-refractivity contribution is 7.92. The van der Waals surface area contributed by atoms with E-state index in [1.54, 1.807) is 12.1 Å². The molecule has 3 aromatic rings. The molecule has 0 aromatic heterocycles. The standard InChI is InChI=1S/C21H18ClFN4O5S/c22-20-10-9-18(33(31,32)26-16-3-1-14(23)2-4-16)13-19(20)21(28)25-12-11-24-15-5-7-17(8-6-15)27(29)30/h1-10,13,24,26H,11-12H2,(H,25,28). The number of halogens is 2. The van der Waals surface area contributed by atoms with Gasteiger partial charge in [-0.15, -0.1) is 0 Å². The van der Waals surface area contributed by atoms with Crippen LogP contribution in [-0.2, 0) is 10.0 Å². The molecule has 0 atom stereocenters. The summed E-state index contributed by atoms with van der Waals surface area (Å²) in [6.07, 6.45) is 0. The van der Waals surface area contributed by atoms with Gasteiger partial charge in [-0.2, -0.15) is 0 Å². The third kappa shape index (κ3) is 6.40. The Morgan fingerprint density at radius 3 is 2.24 bits per heavy atom. The van der Waals surface area contributed by atoms with Crippen molar-refractivity contribution >= 4 is 44.6 Å². The van der Waals surface area contributed by atoms with Crippen LogP contribution in [0.1, 0.15) is 10.4 Å². The molecule has 3 N–H and O–H groups in total. The third-order valence-electron chi connectivity index (χ3n) is 4.41. The first-order valence-electron chi connectivity index (χ1n) is 9.50. The minimum Gasteiger partial charge on any atom is -0.383 e. The summed E-state index contributed by atoms with van der Waals surface area (Å²) in [5.41, 5.74) is 0.726. The van der Waals surface area contributed by atoms with Crippen LogP contribution in [0.4, 0.5) is 21.5 Å². The predicted octanol–water partition coefficient (Wildman–Crippen LogP) is 4.03. The highest BCUT2D eigenvalue weighted by Crippen LogP contribution is 2.23. The molecule has 1 amide bonds. The van der Waals surface area contributed by atoms with E-state index in [4.69, 9.17) is 11.6 Å². The van der Waals surface area contributed by atoms with E-state index < -0.39 is 26.7 Å². The van der Waals surface area contributed by atoms with Crippen LogP contribution < -0.4 is 15.4 Å². The number of amides is 1. The van der Waals surface area contributed by atoms with Crippen molar-refractivity contribution in [3.8, 4) is 0 Å². The van der Waals surface area contributed by atoms with Crippen LogP contribution in [0.15, 0.2) is 71.6 Å². The fourth-order valence-electron chi connectivity index (χ4n) is 2.76. The Morgan fingerprint density at radius 2 is 1.61 bits per heavy atom. The summed E-state index contributed by atoms with van der Waals surface area (Å²) in [6, 6.07) is 14.3. The number of sulfonamides is 1. The number of non-ortho nitro benzene ring substituents is 1. The molecule has 3 aromatic carbocycles. The maximum atomic E-state index is 13.0. The van der Waals surface area contributed by atoms with Gasteiger partial charge in [-0.1, -0.05) is 11.6 Å². The van der Waals surface area contributed by atoms with E-state index in [9.17, 15) is 27.7 Å². The molecule has 0 saturated carbocycles. The molecule has 9 nitrogen and oxygen atoms in total. The van der Waals surface area contributed by atoms with E-state index >= 15 is 0 Å². The first kappa shape index (κ1) is 24.0. The molecule has 12 heteroatoms. The van der Waals surface area contributed by atoms with Gasteiger partial charge in [-0.3, -0.25) is 19.6 Å². The predicted molar refractivity (Wildman–Crippen MR) is 123 cm³/mol. The van der Waals surface area contributed by atoms with Crippen LogP contribution in [0.3, 0.4) is 0 Å². The van der Waals surface area contributed by atoms with Gasteiger partial charge in [0.2, 0.25) is 0 Å². The van der Waals surface area contributed by atoms with Crippen molar-refractivity contribution in [1.82, 2.24) is 5.32 Å². The summed E-state index contributed by atoms with van der Waals surface area (Å²) in [7, 11) is -4.04. The van der Waals surface area contributed by atoms with Crippen LogP contribution in [0.2, 0.25) is 5.02 Å². The Kier molecular flexibility index (Phi) is 7.46. The second-order valence-corrected chi connectivity index (χ2v) is 8.83. The number of nitrogens with one attached hydrogen (secondary N) is 3. The summed E-state index contributed by atoms with van der Waals surface area (Å²) in [5.74, 6) is -1.09. The van der Waals surface area contributed by atoms with Crippen molar-refractivity contribution in [2.24, 2.45) is 0 Å². The molecule has 0 saturated heterocycles. The smallest absolute Gasteiger partial charge is 0.269 e. The molecule has 0 heterocycles. The number of carbonyl (C=O) groups excluding carboxylic acids is 1. The molecule has 33 heavy (non-hydrogen) atoms. The number of nitro benzene ring substituents is 1. The highest BCUT2D eigenvalue weighted by atomic mass is 35.5.